The van der Waals surface area contributed by atoms with Gasteiger partial charge in [-0.25, -0.2) is 0 Å². The lowest BCUT2D eigenvalue weighted by Gasteiger charge is -2.42. The van der Waals surface area contributed by atoms with E-state index in [1.54, 1.807) is 7.11 Å². The number of ether oxygens (including phenoxy) is 2. The summed E-state index contributed by atoms with van der Waals surface area (Å²) in [6, 6.07) is 6.35. The lowest BCUT2D eigenvalue weighted by Crippen LogP contribution is -2.45. The van der Waals surface area contributed by atoms with Gasteiger partial charge >= 0.3 is 0 Å². The average molecular weight is 233 g/mol. The van der Waals surface area contributed by atoms with Crippen LogP contribution in [0, 0.1) is 0 Å². The van der Waals surface area contributed by atoms with Crippen molar-refractivity contribution in [1.29, 1.82) is 0 Å². The maximum absolute atomic E-state index is 6.16. The van der Waals surface area contributed by atoms with Crippen LogP contribution in [0.1, 0.15) is 24.0 Å². The van der Waals surface area contributed by atoms with Gasteiger partial charge in [0.25, 0.3) is 0 Å². The van der Waals surface area contributed by atoms with Crippen LogP contribution in [0.25, 0.3) is 0 Å². The van der Waals surface area contributed by atoms with E-state index in [-0.39, 0.29) is 5.60 Å². The lowest BCUT2D eigenvalue weighted by atomic mass is 9.79. The van der Waals surface area contributed by atoms with Crippen molar-refractivity contribution in [2.75, 3.05) is 26.8 Å². The standard InChI is InChI=1S/C14H19NO2/c1-16-12-4-2-3-11-5-10-17-14(13(11)12)6-8-15-9-7-14/h2-4,15H,5-10H2,1H3. The molecule has 17 heavy (non-hydrogen) atoms. The molecule has 1 saturated heterocycles. The van der Waals surface area contributed by atoms with E-state index < -0.39 is 0 Å². The number of methoxy groups -OCH3 is 1. The number of rotatable bonds is 1. The summed E-state index contributed by atoms with van der Waals surface area (Å²) >= 11 is 0. The van der Waals surface area contributed by atoms with Crippen LogP contribution < -0.4 is 10.1 Å². The Balaban J connectivity index is 2.10. The van der Waals surface area contributed by atoms with Crippen LogP contribution in [0.15, 0.2) is 18.2 Å². The monoisotopic (exact) mass is 233 g/mol. The summed E-state index contributed by atoms with van der Waals surface area (Å²) in [4.78, 5) is 0. The fraction of sp³-hybridized carbons (Fsp3) is 0.571. The van der Waals surface area contributed by atoms with Gasteiger partial charge in [0, 0.05) is 5.56 Å². The van der Waals surface area contributed by atoms with Gasteiger partial charge in [-0.15, -0.1) is 0 Å². The first-order chi connectivity index (χ1) is 8.36. The van der Waals surface area contributed by atoms with Crippen molar-refractivity contribution < 1.29 is 9.47 Å². The third kappa shape index (κ3) is 1.74. The predicted molar refractivity (Wildman–Crippen MR) is 66.4 cm³/mol. The number of benzene rings is 1. The van der Waals surface area contributed by atoms with Crippen molar-refractivity contribution in [3.05, 3.63) is 29.3 Å². The zero-order valence-corrected chi connectivity index (χ0v) is 10.3. The summed E-state index contributed by atoms with van der Waals surface area (Å²) in [5.74, 6) is 0.990. The smallest absolute Gasteiger partial charge is 0.125 e. The molecular weight excluding hydrogens is 214 g/mol. The van der Waals surface area contributed by atoms with E-state index in [0.717, 1.165) is 44.7 Å². The molecule has 1 N–H and O–H groups in total. The number of fused-ring (bicyclic) bond motifs is 2. The van der Waals surface area contributed by atoms with E-state index in [0.29, 0.717) is 0 Å². The molecule has 2 heterocycles. The second-order valence-electron chi connectivity index (χ2n) is 4.84. The fourth-order valence-electron chi connectivity index (χ4n) is 3.13. The Morgan fingerprint density at radius 2 is 2.12 bits per heavy atom. The van der Waals surface area contributed by atoms with Gasteiger partial charge in [-0.2, -0.15) is 0 Å². The van der Waals surface area contributed by atoms with E-state index in [4.69, 9.17) is 9.47 Å². The molecule has 1 fully saturated rings. The molecule has 3 nitrogen and oxygen atoms in total. The predicted octanol–water partition coefficient (Wildman–Crippen LogP) is 1.85. The first-order valence-electron chi connectivity index (χ1n) is 6.37. The Morgan fingerprint density at radius 1 is 1.29 bits per heavy atom. The minimum atomic E-state index is -0.106. The molecule has 0 saturated carbocycles. The Labute approximate surface area is 102 Å². The zero-order chi connectivity index (χ0) is 11.7. The van der Waals surface area contributed by atoms with Gasteiger partial charge < -0.3 is 14.8 Å². The maximum atomic E-state index is 6.16. The second-order valence-corrected chi connectivity index (χ2v) is 4.84. The molecule has 1 aromatic carbocycles. The molecule has 1 spiro atoms. The summed E-state index contributed by atoms with van der Waals surface area (Å²) in [7, 11) is 1.75. The summed E-state index contributed by atoms with van der Waals surface area (Å²) in [6.45, 7) is 2.88. The zero-order valence-electron chi connectivity index (χ0n) is 10.3. The van der Waals surface area contributed by atoms with Crippen LogP contribution in [0.4, 0.5) is 0 Å². The Bertz CT molecular complexity index is 396. The van der Waals surface area contributed by atoms with Crippen LogP contribution in [0.5, 0.6) is 5.75 Å². The first kappa shape index (κ1) is 11.1. The van der Waals surface area contributed by atoms with Crippen LogP contribution in [0.3, 0.4) is 0 Å². The molecule has 0 aliphatic carbocycles. The van der Waals surface area contributed by atoms with Gasteiger partial charge in [0.2, 0.25) is 0 Å². The van der Waals surface area contributed by atoms with E-state index in [2.05, 4.69) is 23.5 Å². The lowest BCUT2D eigenvalue weighted by molar-refractivity contribution is -0.0815. The number of piperidine rings is 1. The highest BCUT2D eigenvalue weighted by atomic mass is 16.5. The van der Waals surface area contributed by atoms with Crippen LogP contribution in [0.2, 0.25) is 0 Å². The molecule has 3 heteroatoms. The molecule has 0 unspecified atom stereocenters. The maximum Gasteiger partial charge on any atom is 0.125 e. The minimum absolute atomic E-state index is 0.106. The van der Waals surface area contributed by atoms with Crippen LogP contribution in [-0.4, -0.2) is 26.8 Å². The quantitative estimate of drug-likeness (QED) is 0.803. The molecule has 0 atom stereocenters. The molecule has 92 valence electrons. The van der Waals surface area contributed by atoms with Gasteiger partial charge in [0.05, 0.1) is 19.3 Å². The first-order valence-corrected chi connectivity index (χ1v) is 6.37. The number of hydrogen-bond acceptors (Lipinski definition) is 3. The molecule has 2 aliphatic heterocycles. The highest BCUT2D eigenvalue weighted by Gasteiger charge is 2.41. The van der Waals surface area contributed by atoms with Crippen molar-refractivity contribution in [3.8, 4) is 5.75 Å². The highest BCUT2D eigenvalue weighted by Crippen LogP contribution is 2.44. The topological polar surface area (TPSA) is 30.5 Å². The highest BCUT2D eigenvalue weighted by molar-refractivity contribution is 5.46. The van der Waals surface area contributed by atoms with Crippen LogP contribution in [-0.2, 0) is 16.8 Å². The molecule has 1 aromatic rings. The SMILES string of the molecule is COc1cccc2c1C1(CCNCC1)OCC2. The van der Waals surface area contributed by atoms with E-state index >= 15 is 0 Å². The van der Waals surface area contributed by atoms with Gasteiger partial charge in [-0.1, -0.05) is 12.1 Å². The van der Waals surface area contributed by atoms with Gasteiger partial charge in [-0.05, 0) is 44.0 Å². The molecule has 0 bridgehead atoms. The third-order valence-electron chi connectivity index (χ3n) is 3.95. The molecular formula is C14H19NO2. The van der Waals surface area contributed by atoms with Gasteiger partial charge in [0.15, 0.2) is 0 Å². The van der Waals surface area contributed by atoms with Crippen molar-refractivity contribution in [2.24, 2.45) is 0 Å². The van der Waals surface area contributed by atoms with Crippen molar-refractivity contribution in [3.63, 3.8) is 0 Å². The molecule has 0 radical (unpaired) electrons. The van der Waals surface area contributed by atoms with E-state index in [1.165, 1.54) is 11.1 Å². The summed E-state index contributed by atoms with van der Waals surface area (Å²) in [5, 5.41) is 3.40. The van der Waals surface area contributed by atoms with Crippen molar-refractivity contribution in [1.82, 2.24) is 5.32 Å². The van der Waals surface area contributed by atoms with Crippen LogP contribution >= 0.6 is 0 Å². The summed E-state index contributed by atoms with van der Waals surface area (Å²) in [6.07, 6.45) is 3.09. The summed E-state index contributed by atoms with van der Waals surface area (Å²) in [5.41, 5.74) is 2.60. The molecule has 3 rings (SSSR count). The van der Waals surface area contributed by atoms with Crippen molar-refractivity contribution >= 4 is 0 Å². The van der Waals surface area contributed by atoms with E-state index in [9.17, 15) is 0 Å². The van der Waals surface area contributed by atoms with E-state index in [1.807, 2.05) is 0 Å². The molecule has 0 aromatic heterocycles. The fourth-order valence-corrected chi connectivity index (χ4v) is 3.13. The largest absolute Gasteiger partial charge is 0.496 e. The summed E-state index contributed by atoms with van der Waals surface area (Å²) < 4.78 is 11.7. The Hall–Kier alpha value is -1.06. The molecule has 0 amide bonds. The van der Waals surface area contributed by atoms with Gasteiger partial charge in [-0.3, -0.25) is 0 Å². The molecule has 2 aliphatic rings. The number of nitrogens with one attached hydrogen (secondary N) is 1. The average Bonchev–Trinajstić information content (AvgIpc) is 2.39. The normalized spacial score (nSPS) is 22.2. The second kappa shape index (κ2) is 4.31. The Kier molecular flexibility index (Phi) is 2.81. The number of hydrogen-bond donors (Lipinski definition) is 1. The third-order valence-corrected chi connectivity index (χ3v) is 3.95. The van der Waals surface area contributed by atoms with Crippen molar-refractivity contribution in [2.45, 2.75) is 24.9 Å². The minimum Gasteiger partial charge on any atom is -0.496 e. The van der Waals surface area contributed by atoms with Gasteiger partial charge in [0.1, 0.15) is 5.75 Å². The Morgan fingerprint density at radius 3 is 2.88 bits per heavy atom.